The van der Waals surface area contributed by atoms with E-state index in [9.17, 15) is 0 Å². The molecule has 0 amide bonds. The summed E-state index contributed by atoms with van der Waals surface area (Å²) in [6.45, 7) is 31.3. The van der Waals surface area contributed by atoms with Crippen molar-refractivity contribution in [3.05, 3.63) is 48.9 Å². The van der Waals surface area contributed by atoms with Crippen molar-refractivity contribution in [1.82, 2.24) is 0 Å². The maximum Gasteiger partial charge on any atom is 0.490 e. The van der Waals surface area contributed by atoms with Crippen LogP contribution in [0, 0.1) is 37.0 Å². The van der Waals surface area contributed by atoms with E-state index in [1.54, 1.807) is 12.2 Å². The van der Waals surface area contributed by atoms with E-state index in [0.717, 1.165) is 24.9 Å². The normalized spacial score (nSPS) is 18.9. The third-order valence-corrected chi connectivity index (χ3v) is 8.06. The summed E-state index contributed by atoms with van der Waals surface area (Å²) < 4.78 is 39.3. The number of alkyl halides is 1. The number of hydrogen-bond donors (Lipinski definition) is 1. The summed E-state index contributed by atoms with van der Waals surface area (Å²) in [4.78, 5) is 0. The highest BCUT2D eigenvalue weighted by molar-refractivity contribution is 9.09. The first kappa shape index (κ1) is 48.0. The molecule has 0 unspecified atom stereocenters. The Bertz CT molecular complexity index is 1050. The molecule has 3 heterocycles. The van der Waals surface area contributed by atoms with Crippen LogP contribution in [0.1, 0.15) is 74.7 Å². The van der Waals surface area contributed by atoms with E-state index < -0.39 is 0 Å². The Kier molecular flexibility index (Phi) is 25.9. The molecular weight excluding hydrogens is 674 g/mol. The minimum atomic E-state index is -0.327. The Labute approximate surface area is 301 Å². The molecule has 0 spiro atoms. The third kappa shape index (κ3) is 19.2. The molecule has 11 heteroatoms. The Morgan fingerprint density at radius 3 is 1.71 bits per heavy atom. The summed E-state index contributed by atoms with van der Waals surface area (Å²) in [5, 5.41) is 8.30. The molecule has 0 aromatic carbocycles. The molecule has 1 N–H and O–H groups in total. The van der Waals surface area contributed by atoms with E-state index >= 15 is 0 Å². The van der Waals surface area contributed by atoms with Crippen molar-refractivity contribution < 1.29 is 37.9 Å². The zero-order chi connectivity index (χ0) is 37.3. The van der Waals surface area contributed by atoms with E-state index in [1.165, 1.54) is 5.47 Å². The monoisotopic (exact) mass is 732 g/mol. The lowest BCUT2D eigenvalue weighted by atomic mass is 9.75. The summed E-state index contributed by atoms with van der Waals surface area (Å²) in [5.74, 6) is 6.80. The van der Waals surface area contributed by atoms with Gasteiger partial charge >= 0.3 is 14.2 Å². The number of aliphatic hydroxyl groups excluding tert-OH is 1. The van der Waals surface area contributed by atoms with Crippen LogP contribution in [0.4, 0.5) is 0 Å². The molecule has 0 atom stereocenters. The van der Waals surface area contributed by atoms with Gasteiger partial charge in [-0.25, -0.2) is 0 Å². The van der Waals surface area contributed by atoms with Crippen molar-refractivity contribution in [3.63, 3.8) is 0 Å². The molecule has 3 aliphatic rings. The van der Waals surface area contributed by atoms with Crippen molar-refractivity contribution in [1.29, 1.82) is 0 Å². The summed E-state index contributed by atoms with van der Waals surface area (Å²) in [7, 11) is -0.508. The van der Waals surface area contributed by atoms with Gasteiger partial charge in [0.05, 0.1) is 67.4 Å². The van der Waals surface area contributed by atoms with Gasteiger partial charge in [0.15, 0.2) is 0 Å². The van der Waals surface area contributed by atoms with Crippen LogP contribution in [-0.4, -0.2) is 93.3 Å². The molecule has 268 valence electrons. The van der Waals surface area contributed by atoms with Gasteiger partial charge in [-0.15, -0.1) is 44.9 Å². The number of aliphatic hydroxyl groups is 1. The Morgan fingerprint density at radius 2 is 1.33 bits per heavy atom. The fourth-order valence-corrected chi connectivity index (χ4v) is 3.55. The fourth-order valence-electron chi connectivity index (χ4n) is 3.55. The first-order valence-electron chi connectivity index (χ1n) is 16.0. The minimum Gasteiger partial charge on any atom is -0.400 e. The van der Waals surface area contributed by atoms with Crippen molar-refractivity contribution in [2.45, 2.75) is 97.1 Å². The molecule has 0 aliphatic carbocycles. The second-order valence-electron chi connectivity index (χ2n) is 12.6. The largest absolute Gasteiger partial charge is 0.490 e. The van der Waals surface area contributed by atoms with Crippen LogP contribution in [0.3, 0.4) is 0 Å². The number of ether oxygens (including phenoxy) is 3. The van der Waals surface area contributed by atoms with Crippen molar-refractivity contribution in [3.8, 4) is 37.0 Å². The smallest absolute Gasteiger partial charge is 0.400 e. The van der Waals surface area contributed by atoms with Crippen molar-refractivity contribution >= 4 is 30.2 Å². The molecule has 48 heavy (non-hydrogen) atoms. The standard InChI is InChI=1S/C13H23BO3.C11H19BO3.C7H10O.C3H3Br.C3H4O/c1-7-9-15-10-8-11(2)14-16-12(3,4)13(5,6)17-14;1-10(2)11(3,4)15-12(14-10)9-5-7-13-8-6-9;1-3-5-7-8-6-4-2;2*1-2-3-4/h7H,1-2,8-10H2,3-6H3;5H,6-8H2,1-4H3;1,4H,2,5-7H2;1H,3H2;1,4H,3H2. The summed E-state index contributed by atoms with van der Waals surface area (Å²) in [5.41, 5.74) is 1.06. The van der Waals surface area contributed by atoms with Crippen LogP contribution in [0.2, 0.25) is 0 Å². The molecule has 2 fully saturated rings. The molecule has 3 aliphatic heterocycles. The average Bonchev–Trinajstić information content (AvgIpc) is 3.42. The van der Waals surface area contributed by atoms with Gasteiger partial charge in [0, 0.05) is 6.42 Å². The van der Waals surface area contributed by atoms with Gasteiger partial charge in [-0.3, -0.25) is 0 Å². The molecule has 8 nitrogen and oxygen atoms in total. The maximum absolute atomic E-state index is 7.64. The highest BCUT2D eigenvalue weighted by atomic mass is 79.9. The molecule has 0 radical (unpaired) electrons. The quantitative estimate of drug-likeness (QED) is 0.0841. The van der Waals surface area contributed by atoms with E-state index in [-0.39, 0.29) is 43.2 Å². The van der Waals surface area contributed by atoms with Crippen LogP contribution in [-0.2, 0) is 32.8 Å². The summed E-state index contributed by atoms with van der Waals surface area (Å²) in [6, 6.07) is 0. The summed E-state index contributed by atoms with van der Waals surface area (Å²) >= 11 is 3.01. The Balaban J connectivity index is 0. The lowest BCUT2D eigenvalue weighted by molar-refractivity contribution is 0.00578. The first-order chi connectivity index (χ1) is 22.5. The summed E-state index contributed by atoms with van der Waals surface area (Å²) in [6.07, 6.45) is 22.1. The van der Waals surface area contributed by atoms with Crippen LogP contribution < -0.4 is 0 Å². The van der Waals surface area contributed by atoms with E-state index in [0.29, 0.717) is 44.8 Å². The predicted molar refractivity (Wildman–Crippen MR) is 203 cm³/mol. The zero-order valence-electron chi connectivity index (χ0n) is 30.7. The predicted octanol–water partition coefficient (Wildman–Crippen LogP) is 6.57. The lowest BCUT2D eigenvalue weighted by Gasteiger charge is -2.32. The SMILES string of the molecule is C#CCBr.C#CCCOCC=C.C#CCO.C=CCOCCC(=C)B1OC(C)(C)C(C)(C)O1.CC1(C)OB(C2=CCOCC2)OC1(C)C. The van der Waals surface area contributed by atoms with E-state index in [1.807, 2.05) is 33.6 Å². The molecule has 0 aromatic rings. The van der Waals surface area contributed by atoms with Gasteiger partial charge in [0.2, 0.25) is 0 Å². The van der Waals surface area contributed by atoms with Crippen LogP contribution in [0.5, 0.6) is 0 Å². The van der Waals surface area contributed by atoms with E-state index in [2.05, 4.69) is 87.7 Å². The minimum absolute atomic E-state index is 0.153. The maximum atomic E-state index is 7.64. The molecule has 0 saturated carbocycles. The highest BCUT2D eigenvalue weighted by Crippen LogP contribution is 2.40. The average molecular weight is 733 g/mol. The molecular formula is C37H59B2BrO8. The van der Waals surface area contributed by atoms with Gasteiger partial charge in [-0.05, 0) is 79.2 Å². The second-order valence-corrected chi connectivity index (χ2v) is 13.1. The molecule has 2 saturated heterocycles. The molecule has 0 aromatic heterocycles. The lowest BCUT2D eigenvalue weighted by Crippen LogP contribution is -2.41. The first-order valence-corrected chi connectivity index (χ1v) is 17.1. The fraction of sp³-hybridized carbons (Fsp3) is 0.622. The topological polar surface area (TPSA) is 84.8 Å². The number of terminal acetylenes is 3. The number of rotatable bonds is 11. The number of halogens is 1. The Hall–Kier alpha value is -2.07. The Morgan fingerprint density at radius 1 is 0.875 bits per heavy atom. The van der Waals surface area contributed by atoms with Gasteiger partial charge in [0.25, 0.3) is 0 Å². The number of hydrogen-bond acceptors (Lipinski definition) is 8. The van der Waals surface area contributed by atoms with Gasteiger partial charge < -0.3 is 37.9 Å². The molecule has 0 bridgehead atoms. The third-order valence-electron chi connectivity index (χ3n) is 7.74. The molecule has 3 rings (SSSR count). The van der Waals surface area contributed by atoms with Crippen LogP contribution >= 0.6 is 15.9 Å². The zero-order valence-corrected chi connectivity index (χ0v) is 32.3. The van der Waals surface area contributed by atoms with Gasteiger partial charge in [-0.1, -0.05) is 46.0 Å². The highest BCUT2D eigenvalue weighted by Gasteiger charge is 2.53. The van der Waals surface area contributed by atoms with E-state index in [4.69, 9.17) is 50.8 Å². The van der Waals surface area contributed by atoms with Crippen molar-refractivity contribution in [2.75, 3.05) is 51.6 Å². The van der Waals surface area contributed by atoms with Crippen molar-refractivity contribution in [2.24, 2.45) is 0 Å². The van der Waals surface area contributed by atoms with Crippen LogP contribution in [0.25, 0.3) is 0 Å². The van der Waals surface area contributed by atoms with Gasteiger partial charge in [-0.2, -0.15) is 0 Å². The van der Waals surface area contributed by atoms with Crippen LogP contribution in [0.15, 0.2) is 48.9 Å². The second kappa shape index (κ2) is 25.8. The van der Waals surface area contributed by atoms with Gasteiger partial charge in [0.1, 0.15) is 6.61 Å².